The average Bonchev–Trinajstić information content (AvgIpc) is 2.09. The van der Waals surface area contributed by atoms with Crippen LogP contribution >= 0.6 is 0 Å². The number of Topliss-reactive ketones (excluding diaryl/α,β-unsaturated/α-hetero) is 1. The Kier molecular flexibility index (Phi) is 6.87. The van der Waals surface area contributed by atoms with Crippen molar-refractivity contribution in [1.82, 2.24) is 0 Å². The van der Waals surface area contributed by atoms with Gasteiger partial charge in [-0.05, 0) is 19.3 Å². The number of carbonyl (C=O) groups excluding carboxylic acids is 1. The SMILES string of the molecule is CCCCC(=O)C(OCC)C(C)C. The Morgan fingerprint density at radius 1 is 1.31 bits per heavy atom. The largest absolute Gasteiger partial charge is 0.370 e. The lowest BCUT2D eigenvalue weighted by Crippen LogP contribution is -2.29. The van der Waals surface area contributed by atoms with E-state index in [1.165, 1.54) is 0 Å². The third kappa shape index (κ3) is 5.04. The first-order chi connectivity index (χ1) is 6.13. The van der Waals surface area contributed by atoms with E-state index in [0.29, 0.717) is 18.9 Å². The summed E-state index contributed by atoms with van der Waals surface area (Å²) in [6.07, 6.45) is 2.54. The summed E-state index contributed by atoms with van der Waals surface area (Å²) < 4.78 is 5.41. The molecule has 0 radical (unpaired) electrons. The molecule has 0 bridgehead atoms. The normalized spacial score (nSPS) is 13.3. The fraction of sp³-hybridized carbons (Fsp3) is 0.909. The molecular weight excluding hydrogens is 164 g/mol. The maximum Gasteiger partial charge on any atom is 0.161 e. The molecule has 0 aliphatic rings. The molecule has 78 valence electrons. The van der Waals surface area contributed by atoms with Crippen molar-refractivity contribution in [1.29, 1.82) is 0 Å². The molecule has 0 aliphatic carbocycles. The fourth-order valence-electron chi connectivity index (χ4n) is 1.33. The molecule has 1 atom stereocenters. The summed E-state index contributed by atoms with van der Waals surface area (Å²) >= 11 is 0. The van der Waals surface area contributed by atoms with E-state index < -0.39 is 0 Å². The molecule has 0 aromatic heterocycles. The van der Waals surface area contributed by atoms with Gasteiger partial charge < -0.3 is 4.74 Å². The topological polar surface area (TPSA) is 26.3 Å². The summed E-state index contributed by atoms with van der Waals surface area (Å²) in [6.45, 7) is 8.72. The van der Waals surface area contributed by atoms with Gasteiger partial charge in [0.25, 0.3) is 0 Å². The number of rotatable bonds is 7. The Labute approximate surface area is 81.7 Å². The van der Waals surface area contributed by atoms with Crippen LogP contribution in [0.4, 0.5) is 0 Å². The quantitative estimate of drug-likeness (QED) is 0.611. The van der Waals surface area contributed by atoms with Crippen LogP contribution in [0.2, 0.25) is 0 Å². The van der Waals surface area contributed by atoms with Crippen molar-refractivity contribution in [2.24, 2.45) is 5.92 Å². The molecule has 2 nitrogen and oxygen atoms in total. The van der Waals surface area contributed by atoms with Gasteiger partial charge in [0.1, 0.15) is 6.10 Å². The van der Waals surface area contributed by atoms with Gasteiger partial charge in [0.15, 0.2) is 5.78 Å². The van der Waals surface area contributed by atoms with Gasteiger partial charge in [-0.1, -0.05) is 27.2 Å². The van der Waals surface area contributed by atoms with Crippen LogP contribution < -0.4 is 0 Å². The van der Waals surface area contributed by atoms with Crippen molar-refractivity contribution in [3.8, 4) is 0 Å². The first-order valence-electron chi connectivity index (χ1n) is 5.27. The monoisotopic (exact) mass is 186 g/mol. The molecule has 0 fully saturated rings. The van der Waals surface area contributed by atoms with E-state index in [1.54, 1.807) is 0 Å². The molecule has 2 heteroatoms. The van der Waals surface area contributed by atoms with Crippen LogP contribution in [0.15, 0.2) is 0 Å². The van der Waals surface area contributed by atoms with E-state index in [1.807, 2.05) is 20.8 Å². The van der Waals surface area contributed by atoms with Crippen molar-refractivity contribution in [3.63, 3.8) is 0 Å². The van der Waals surface area contributed by atoms with Crippen molar-refractivity contribution in [2.45, 2.75) is 53.1 Å². The van der Waals surface area contributed by atoms with E-state index in [0.717, 1.165) is 12.8 Å². The Morgan fingerprint density at radius 3 is 2.31 bits per heavy atom. The molecule has 0 aliphatic heterocycles. The predicted octanol–water partition coefficient (Wildman–Crippen LogP) is 2.81. The van der Waals surface area contributed by atoms with E-state index in [9.17, 15) is 4.79 Å². The van der Waals surface area contributed by atoms with Crippen LogP contribution in [0.25, 0.3) is 0 Å². The lowest BCUT2D eigenvalue weighted by Gasteiger charge is -2.19. The second-order valence-corrected chi connectivity index (χ2v) is 3.69. The number of hydrogen-bond acceptors (Lipinski definition) is 2. The summed E-state index contributed by atoms with van der Waals surface area (Å²) in [5.74, 6) is 0.558. The molecule has 0 rings (SSSR count). The first kappa shape index (κ1) is 12.6. The third-order valence-corrected chi connectivity index (χ3v) is 2.05. The standard InChI is InChI=1S/C11H22O2/c1-5-7-8-10(12)11(9(3)4)13-6-2/h9,11H,5-8H2,1-4H3. The zero-order chi connectivity index (χ0) is 10.3. The Balaban J connectivity index is 3.96. The highest BCUT2D eigenvalue weighted by Gasteiger charge is 2.21. The Bertz CT molecular complexity index is 141. The molecule has 0 heterocycles. The molecule has 0 amide bonds. The summed E-state index contributed by atoms with van der Waals surface area (Å²) in [4.78, 5) is 11.6. The molecule has 0 saturated heterocycles. The van der Waals surface area contributed by atoms with Crippen LogP contribution in [-0.4, -0.2) is 18.5 Å². The molecule has 13 heavy (non-hydrogen) atoms. The van der Waals surface area contributed by atoms with Gasteiger partial charge in [0, 0.05) is 13.0 Å². The molecule has 0 saturated carbocycles. The lowest BCUT2D eigenvalue weighted by atomic mass is 9.99. The van der Waals surface area contributed by atoms with Crippen LogP contribution in [0, 0.1) is 5.92 Å². The first-order valence-corrected chi connectivity index (χ1v) is 5.27. The van der Waals surface area contributed by atoms with Gasteiger partial charge in [-0.15, -0.1) is 0 Å². The minimum Gasteiger partial charge on any atom is -0.370 e. The second kappa shape index (κ2) is 7.07. The fourth-order valence-corrected chi connectivity index (χ4v) is 1.33. The molecule has 0 spiro atoms. The maximum atomic E-state index is 11.6. The summed E-state index contributed by atoms with van der Waals surface area (Å²) in [6, 6.07) is 0. The van der Waals surface area contributed by atoms with Crippen molar-refractivity contribution >= 4 is 5.78 Å². The predicted molar refractivity (Wildman–Crippen MR) is 54.8 cm³/mol. The summed E-state index contributed by atoms with van der Waals surface area (Å²) in [5, 5.41) is 0. The minimum atomic E-state index is -0.184. The molecule has 0 aromatic carbocycles. The highest BCUT2D eigenvalue weighted by Crippen LogP contribution is 2.11. The average molecular weight is 186 g/mol. The van der Waals surface area contributed by atoms with E-state index in [2.05, 4.69) is 6.92 Å². The van der Waals surface area contributed by atoms with Crippen molar-refractivity contribution in [2.75, 3.05) is 6.61 Å². The number of ether oxygens (including phenoxy) is 1. The van der Waals surface area contributed by atoms with Gasteiger partial charge in [-0.2, -0.15) is 0 Å². The molecule has 1 unspecified atom stereocenters. The molecule has 0 aromatic rings. The van der Waals surface area contributed by atoms with E-state index in [4.69, 9.17) is 4.74 Å². The van der Waals surface area contributed by atoms with Gasteiger partial charge in [0.2, 0.25) is 0 Å². The van der Waals surface area contributed by atoms with Crippen LogP contribution in [-0.2, 0) is 9.53 Å². The zero-order valence-corrected chi connectivity index (χ0v) is 9.30. The zero-order valence-electron chi connectivity index (χ0n) is 9.30. The van der Waals surface area contributed by atoms with E-state index in [-0.39, 0.29) is 11.9 Å². The lowest BCUT2D eigenvalue weighted by molar-refractivity contribution is -0.133. The number of hydrogen-bond donors (Lipinski definition) is 0. The number of ketones is 1. The summed E-state index contributed by atoms with van der Waals surface area (Å²) in [5.41, 5.74) is 0. The molecule has 0 N–H and O–H groups in total. The Hall–Kier alpha value is -0.370. The third-order valence-electron chi connectivity index (χ3n) is 2.05. The second-order valence-electron chi connectivity index (χ2n) is 3.69. The highest BCUT2D eigenvalue weighted by atomic mass is 16.5. The number of carbonyl (C=O) groups is 1. The highest BCUT2D eigenvalue weighted by molar-refractivity contribution is 5.83. The number of unbranched alkanes of at least 4 members (excludes halogenated alkanes) is 1. The smallest absolute Gasteiger partial charge is 0.161 e. The van der Waals surface area contributed by atoms with Crippen LogP contribution in [0.5, 0.6) is 0 Å². The van der Waals surface area contributed by atoms with Gasteiger partial charge in [-0.3, -0.25) is 4.79 Å². The maximum absolute atomic E-state index is 11.6. The van der Waals surface area contributed by atoms with Crippen LogP contribution in [0.3, 0.4) is 0 Å². The Morgan fingerprint density at radius 2 is 1.92 bits per heavy atom. The van der Waals surface area contributed by atoms with Crippen molar-refractivity contribution in [3.05, 3.63) is 0 Å². The van der Waals surface area contributed by atoms with Crippen molar-refractivity contribution < 1.29 is 9.53 Å². The van der Waals surface area contributed by atoms with Gasteiger partial charge >= 0.3 is 0 Å². The van der Waals surface area contributed by atoms with Gasteiger partial charge in [0.05, 0.1) is 0 Å². The molecular formula is C11H22O2. The van der Waals surface area contributed by atoms with Gasteiger partial charge in [-0.25, -0.2) is 0 Å². The summed E-state index contributed by atoms with van der Waals surface area (Å²) in [7, 11) is 0. The van der Waals surface area contributed by atoms with Crippen LogP contribution in [0.1, 0.15) is 47.0 Å². The van der Waals surface area contributed by atoms with E-state index >= 15 is 0 Å². The minimum absolute atomic E-state index is 0.184.